The predicted molar refractivity (Wildman–Crippen MR) is 86.8 cm³/mol. The zero-order valence-electron chi connectivity index (χ0n) is 13.3. The Morgan fingerprint density at radius 1 is 1.05 bits per heavy atom. The van der Waals surface area contributed by atoms with E-state index in [1.807, 2.05) is 24.3 Å². The first kappa shape index (κ1) is 15.5. The van der Waals surface area contributed by atoms with Crippen LogP contribution in [0.2, 0.25) is 0 Å². The number of nitrogens with zero attached hydrogens (tertiary/aromatic N) is 1. The molecule has 3 nitrogen and oxygen atoms in total. The van der Waals surface area contributed by atoms with Crippen molar-refractivity contribution >= 4 is 0 Å². The van der Waals surface area contributed by atoms with Gasteiger partial charge in [0.1, 0.15) is 11.5 Å². The number of hydrogen-bond acceptors (Lipinski definition) is 3. The summed E-state index contributed by atoms with van der Waals surface area (Å²) in [5, 5.41) is 3.39. The Balaban J connectivity index is 2.03. The van der Waals surface area contributed by atoms with Crippen LogP contribution in [0.25, 0.3) is 0 Å². The van der Waals surface area contributed by atoms with Crippen LogP contribution in [0, 0.1) is 19.8 Å². The van der Waals surface area contributed by atoms with Crippen LogP contribution in [0.3, 0.4) is 0 Å². The highest BCUT2D eigenvalue weighted by atomic mass is 16.5. The van der Waals surface area contributed by atoms with Crippen LogP contribution in [0.15, 0.2) is 36.5 Å². The van der Waals surface area contributed by atoms with Crippen molar-refractivity contribution in [1.29, 1.82) is 0 Å². The van der Waals surface area contributed by atoms with Gasteiger partial charge in [-0.1, -0.05) is 19.9 Å². The summed E-state index contributed by atoms with van der Waals surface area (Å²) in [6, 6.07) is 10.1. The first-order valence-corrected chi connectivity index (χ1v) is 7.45. The maximum atomic E-state index is 5.94. The van der Waals surface area contributed by atoms with Gasteiger partial charge in [0.05, 0.1) is 5.69 Å². The molecule has 0 fully saturated rings. The van der Waals surface area contributed by atoms with Crippen LogP contribution >= 0.6 is 0 Å². The van der Waals surface area contributed by atoms with E-state index in [2.05, 4.69) is 44.1 Å². The summed E-state index contributed by atoms with van der Waals surface area (Å²) in [6.45, 7) is 10.3. The third kappa shape index (κ3) is 5.20. The van der Waals surface area contributed by atoms with Crippen LogP contribution in [0.5, 0.6) is 11.5 Å². The molecule has 0 aliphatic rings. The van der Waals surface area contributed by atoms with E-state index in [0.29, 0.717) is 5.92 Å². The van der Waals surface area contributed by atoms with Crippen molar-refractivity contribution in [3.05, 3.63) is 53.3 Å². The summed E-state index contributed by atoms with van der Waals surface area (Å²) in [4.78, 5) is 4.37. The van der Waals surface area contributed by atoms with E-state index in [4.69, 9.17) is 4.74 Å². The van der Waals surface area contributed by atoms with Crippen molar-refractivity contribution in [3.8, 4) is 11.5 Å². The number of benzene rings is 1. The highest BCUT2D eigenvalue weighted by molar-refractivity contribution is 5.37. The molecule has 2 rings (SSSR count). The summed E-state index contributed by atoms with van der Waals surface area (Å²) in [6.07, 6.45) is 1.80. The number of ether oxygens (including phenoxy) is 1. The van der Waals surface area contributed by atoms with E-state index < -0.39 is 0 Å². The number of aryl methyl sites for hydroxylation is 2. The molecule has 112 valence electrons. The van der Waals surface area contributed by atoms with E-state index in [1.54, 1.807) is 6.20 Å². The van der Waals surface area contributed by atoms with Gasteiger partial charge in [-0.2, -0.15) is 0 Å². The molecule has 0 aliphatic heterocycles. The van der Waals surface area contributed by atoms with Gasteiger partial charge in [-0.25, -0.2) is 0 Å². The summed E-state index contributed by atoms with van der Waals surface area (Å²) in [5.74, 6) is 2.34. The molecule has 21 heavy (non-hydrogen) atoms. The molecule has 1 heterocycles. The molecular formula is C18H24N2O. The van der Waals surface area contributed by atoms with E-state index >= 15 is 0 Å². The molecule has 0 spiro atoms. The SMILES string of the molecule is Cc1cc(C)cc(Oc2ccnc(CNCC(C)C)c2)c1. The second-order valence-electron chi connectivity index (χ2n) is 5.93. The average molecular weight is 284 g/mol. The van der Waals surface area contributed by atoms with Crippen LogP contribution in [-0.2, 0) is 6.54 Å². The van der Waals surface area contributed by atoms with Crippen molar-refractivity contribution in [2.45, 2.75) is 34.2 Å². The lowest BCUT2D eigenvalue weighted by Gasteiger charge is -2.10. The van der Waals surface area contributed by atoms with Gasteiger partial charge in [0.25, 0.3) is 0 Å². The molecule has 2 aromatic rings. The minimum atomic E-state index is 0.639. The topological polar surface area (TPSA) is 34.1 Å². The van der Waals surface area contributed by atoms with Crippen LogP contribution < -0.4 is 10.1 Å². The van der Waals surface area contributed by atoms with Crippen molar-refractivity contribution in [3.63, 3.8) is 0 Å². The van der Waals surface area contributed by atoms with Crippen LogP contribution in [0.4, 0.5) is 0 Å². The van der Waals surface area contributed by atoms with Gasteiger partial charge in [-0.15, -0.1) is 0 Å². The molecule has 0 atom stereocenters. The third-order valence-electron chi connectivity index (χ3n) is 3.08. The monoisotopic (exact) mass is 284 g/mol. The van der Waals surface area contributed by atoms with Gasteiger partial charge in [0.15, 0.2) is 0 Å². The predicted octanol–water partition coefficient (Wildman–Crippen LogP) is 4.24. The first-order valence-electron chi connectivity index (χ1n) is 7.45. The third-order valence-corrected chi connectivity index (χ3v) is 3.08. The normalized spacial score (nSPS) is 10.9. The highest BCUT2D eigenvalue weighted by Gasteiger charge is 2.02. The average Bonchev–Trinajstić information content (AvgIpc) is 2.37. The number of rotatable bonds is 6. The smallest absolute Gasteiger partial charge is 0.130 e. The second kappa shape index (κ2) is 7.23. The molecule has 0 saturated carbocycles. The van der Waals surface area contributed by atoms with Crippen molar-refractivity contribution in [2.75, 3.05) is 6.54 Å². The standard InChI is InChI=1S/C18H24N2O/c1-13(2)11-19-12-16-10-17(5-6-20-16)21-18-8-14(3)7-15(4)9-18/h5-10,13,19H,11-12H2,1-4H3. The molecular weight excluding hydrogens is 260 g/mol. The van der Waals surface area contributed by atoms with Gasteiger partial charge >= 0.3 is 0 Å². The molecule has 0 aliphatic carbocycles. The van der Waals surface area contributed by atoms with Gasteiger partial charge < -0.3 is 10.1 Å². The molecule has 0 radical (unpaired) electrons. The highest BCUT2D eigenvalue weighted by Crippen LogP contribution is 2.23. The summed E-state index contributed by atoms with van der Waals surface area (Å²) < 4.78 is 5.94. The van der Waals surface area contributed by atoms with Gasteiger partial charge in [-0.3, -0.25) is 4.98 Å². The Hall–Kier alpha value is -1.87. The fourth-order valence-electron chi connectivity index (χ4n) is 2.23. The Bertz CT molecular complexity index is 573. The van der Waals surface area contributed by atoms with Crippen molar-refractivity contribution in [1.82, 2.24) is 10.3 Å². The minimum absolute atomic E-state index is 0.639. The molecule has 0 bridgehead atoms. The fourth-order valence-corrected chi connectivity index (χ4v) is 2.23. The molecule has 1 N–H and O–H groups in total. The first-order chi connectivity index (χ1) is 10.0. The summed E-state index contributed by atoms with van der Waals surface area (Å²) in [7, 11) is 0. The number of aromatic nitrogens is 1. The maximum Gasteiger partial charge on any atom is 0.130 e. The minimum Gasteiger partial charge on any atom is -0.457 e. The Kier molecular flexibility index (Phi) is 5.34. The largest absolute Gasteiger partial charge is 0.457 e. The number of hydrogen-bond donors (Lipinski definition) is 1. The Morgan fingerprint density at radius 3 is 2.43 bits per heavy atom. The van der Waals surface area contributed by atoms with Gasteiger partial charge in [0, 0.05) is 18.8 Å². The summed E-state index contributed by atoms with van der Waals surface area (Å²) in [5.41, 5.74) is 3.41. The van der Waals surface area contributed by atoms with E-state index in [-0.39, 0.29) is 0 Å². The Morgan fingerprint density at radius 2 is 1.76 bits per heavy atom. The number of nitrogens with one attached hydrogen (secondary N) is 1. The molecule has 1 aromatic heterocycles. The number of pyridine rings is 1. The van der Waals surface area contributed by atoms with Crippen LogP contribution in [-0.4, -0.2) is 11.5 Å². The zero-order chi connectivity index (χ0) is 15.2. The molecule has 0 amide bonds. The van der Waals surface area contributed by atoms with Crippen molar-refractivity contribution in [2.24, 2.45) is 5.92 Å². The van der Waals surface area contributed by atoms with Crippen LogP contribution in [0.1, 0.15) is 30.7 Å². The lowest BCUT2D eigenvalue weighted by molar-refractivity contribution is 0.478. The van der Waals surface area contributed by atoms with Gasteiger partial charge in [-0.05, 0) is 55.6 Å². The second-order valence-corrected chi connectivity index (χ2v) is 5.93. The lowest BCUT2D eigenvalue weighted by Crippen LogP contribution is -2.19. The van der Waals surface area contributed by atoms with E-state index in [0.717, 1.165) is 30.3 Å². The van der Waals surface area contributed by atoms with Gasteiger partial charge in [0.2, 0.25) is 0 Å². The molecule has 1 aromatic carbocycles. The maximum absolute atomic E-state index is 5.94. The van der Waals surface area contributed by atoms with Crippen molar-refractivity contribution < 1.29 is 4.74 Å². The molecule has 0 unspecified atom stereocenters. The molecule has 3 heteroatoms. The fraction of sp³-hybridized carbons (Fsp3) is 0.389. The quantitative estimate of drug-likeness (QED) is 0.861. The summed E-state index contributed by atoms with van der Waals surface area (Å²) >= 11 is 0. The molecule has 0 saturated heterocycles. The Labute approximate surface area is 127 Å². The van der Waals surface area contributed by atoms with E-state index in [9.17, 15) is 0 Å². The zero-order valence-corrected chi connectivity index (χ0v) is 13.3. The van der Waals surface area contributed by atoms with E-state index in [1.165, 1.54) is 11.1 Å². The lowest BCUT2D eigenvalue weighted by atomic mass is 10.1.